The summed E-state index contributed by atoms with van der Waals surface area (Å²) in [4.78, 5) is 43.2. The van der Waals surface area contributed by atoms with Gasteiger partial charge in [-0.2, -0.15) is 0 Å². The van der Waals surface area contributed by atoms with E-state index in [2.05, 4.69) is 76.2 Å². The van der Waals surface area contributed by atoms with E-state index in [0.717, 1.165) is 29.6 Å². The number of carbonyl (C=O) groups excluding carboxylic acids is 3. The maximum atomic E-state index is 14.5. The third-order valence-electron chi connectivity index (χ3n) is 12.4. The number of carbonyl (C=O) groups is 3. The molecule has 4 fully saturated rings. The second-order valence-corrected chi connectivity index (χ2v) is 19.6. The van der Waals surface area contributed by atoms with Gasteiger partial charge in [-0.3, -0.25) is 14.4 Å². The summed E-state index contributed by atoms with van der Waals surface area (Å²) in [6, 6.07) is 20.8. The van der Waals surface area contributed by atoms with Crippen LogP contribution in [0.4, 0.5) is 0 Å². The number of Topliss-reactive ketones (excluding diaryl/α,β-unsaturated/α-hetero) is 2. The van der Waals surface area contributed by atoms with Gasteiger partial charge in [-0.05, 0) is 64.8 Å². The number of hydrogen-bond acceptors (Lipinski definition) is 7. The van der Waals surface area contributed by atoms with Gasteiger partial charge in [-0.15, -0.1) is 0 Å². The highest BCUT2D eigenvalue weighted by atomic mass is 28.4. The maximum absolute atomic E-state index is 14.5. The summed E-state index contributed by atoms with van der Waals surface area (Å²) in [5, 5.41) is 1.98. The van der Waals surface area contributed by atoms with Gasteiger partial charge < -0.3 is 18.6 Å². The summed E-state index contributed by atoms with van der Waals surface area (Å²) in [5.41, 5.74) is -1.63. The van der Waals surface area contributed by atoms with Gasteiger partial charge in [0.25, 0.3) is 8.32 Å². The lowest BCUT2D eigenvalue weighted by Crippen LogP contribution is -2.71. The molecule has 0 unspecified atom stereocenters. The first-order valence-corrected chi connectivity index (χ1v) is 18.9. The summed E-state index contributed by atoms with van der Waals surface area (Å²) >= 11 is 0. The average molecular weight is 647 g/mol. The first kappa shape index (κ1) is 33.3. The van der Waals surface area contributed by atoms with Crippen molar-refractivity contribution in [3.05, 3.63) is 60.7 Å². The van der Waals surface area contributed by atoms with E-state index in [-0.39, 0.29) is 59.6 Å². The lowest BCUT2D eigenvalue weighted by atomic mass is 9.43. The Morgan fingerprint density at radius 3 is 2.07 bits per heavy atom. The van der Waals surface area contributed by atoms with Crippen LogP contribution in [0, 0.1) is 34.5 Å². The first-order chi connectivity index (χ1) is 22.0. The molecule has 0 spiro atoms. The summed E-state index contributed by atoms with van der Waals surface area (Å²) in [6.07, 6.45) is 3.41. The van der Waals surface area contributed by atoms with Crippen molar-refractivity contribution in [3.8, 4) is 0 Å². The van der Waals surface area contributed by atoms with Crippen LogP contribution in [-0.4, -0.2) is 59.1 Å². The molecule has 0 saturated heterocycles. The summed E-state index contributed by atoms with van der Waals surface area (Å²) in [7, 11) is -0.0299. The van der Waals surface area contributed by atoms with Crippen molar-refractivity contribution >= 4 is 36.2 Å². The normalized spacial score (nSPS) is 34.4. The minimum Gasteiger partial charge on any atom is -0.468 e. The standard InChI is InChI=1S/C38H50O7Si/c1-36(2,3)46(25-13-9-7-10-14-25,26-15-11-8-12-16-26)45-31-18-19-32(40)38(35(41)43-6)28-21-22-37(4)27(17-20-33(37)44-24-42-5)34(28)30(39)23-29(31)38/h7-16,27-29,31,33-34H,17-24H2,1-6H3/t27-,28+,29-,31-,33-,34-,37-,38+/m0/s1. The molecule has 2 aromatic rings. The Balaban J connectivity index is 1.46. The Bertz CT molecular complexity index is 1390. The molecule has 0 aromatic heterocycles. The molecule has 46 heavy (non-hydrogen) atoms. The molecule has 248 valence electrons. The van der Waals surface area contributed by atoms with Crippen LogP contribution in [0.2, 0.25) is 5.04 Å². The maximum Gasteiger partial charge on any atom is 0.320 e. The van der Waals surface area contributed by atoms with Crippen molar-refractivity contribution in [2.24, 2.45) is 34.5 Å². The Labute approximate surface area is 274 Å². The van der Waals surface area contributed by atoms with Gasteiger partial charge in [-0.1, -0.05) is 88.4 Å². The zero-order chi connectivity index (χ0) is 32.9. The van der Waals surface area contributed by atoms with Crippen LogP contribution in [0.5, 0.6) is 0 Å². The molecule has 8 atom stereocenters. The van der Waals surface area contributed by atoms with E-state index in [1.54, 1.807) is 7.11 Å². The van der Waals surface area contributed by atoms with E-state index in [9.17, 15) is 14.4 Å². The van der Waals surface area contributed by atoms with Gasteiger partial charge in [0.1, 0.15) is 18.0 Å². The number of ether oxygens (including phenoxy) is 3. The SMILES string of the molecule is COCO[C@H]1CC[C@H]2[C@@H]3C(=O)C[C@H]4[C@@H](O[Si](c5ccccc5)(c5ccccc5)C(C)(C)C)CCC(=O)[C@@]4(C(=O)OC)[C@@H]3CC[C@]12C. The lowest BCUT2D eigenvalue weighted by molar-refractivity contribution is -0.197. The van der Waals surface area contributed by atoms with Crippen LogP contribution in [0.1, 0.15) is 72.6 Å². The number of ketones is 2. The van der Waals surface area contributed by atoms with Gasteiger partial charge in [-0.25, -0.2) is 0 Å². The van der Waals surface area contributed by atoms with E-state index in [0.29, 0.717) is 12.8 Å². The predicted molar refractivity (Wildman–Crippen MR) is 178 cm³/mol. The fourth-order valence-corrected chi connectivity index (χ4v) is 15.2. The monoisotopic (exact) mass is 646 g/mol. The van der Waals surface area contributed by atoms with E-state index in [1.165, 1.54) is 7.11 Å². The van der Waals surface area contributed by atoms with Crippen molar-refractivity contribution in [1.82, 2.24) is 0 Å². The molecule has 0 amide bonds. The van der Waals surface area contributed by atoms with E-state index >= 15 is 0 Å². The molecule has 0 heterocycles. The Morgan fingerprint density at radius 1 is 0.870 bits per heavy atom. The van der Waals surface area contributed by atoms with Gasteiger partial charge in [0.05, 0.1) is 19.3 Å². The molecule has 4 aliphatic carbocycles. The molecule has 0 N–H and O–H groups in total. The van der Waals surface area contributed by atoms with Crippen LogP contribution in [0.3, 0.4) is 0 Å². The first-order valence-electron chi connectivity index (χ1n) is 17.0. The van der Waals surface area contributed by atoms with Crippen molar-refractivity contribution < 1.29 is 33.0 Å². The second kappa shape index (κ2) is 12.4. The molecule has 7 nitrogen and oxygen atoms in total. The van der Waals surface area contributed by atoms with Crippen LogP contribution in [0.15, 0.2) is 60.7 Å². The molecule has 0 aliphatic heterocycles. The molecule has 0 radical (unpaired) electrons. The molecule has 2 aromatic carbocycles. The zero-order valence-corrected chi connectivity index (χ0v) is 29.3. The van der Waals surface area contributed by atoms with Crippen LogP contribution in [0.25, 0.3) is 0 Å². The van der Waals surface area contributed by atoms with Crippen LogP contribution >= 0.6 is 0 Å². The Morgan fingerprint density at radius 2 is 1.50 bits per heavy atom. The summed E-state index contributed by atoms with van der Waals surface area (Å²) < 4.78 is 24.6. The minimum absolute atomic E-state index is 0.0220. The lowest BCUT2D eigenvalue weighted by Gasteiger charge is -2.60. The number of esters is 1. The molecule has 6 rings (SSSR count). The van der Waals surface area contributed by atoms with Gasteiger partial charge >= 0.3 is 5.97 Å². The van der Waals surface area contributed by atoms with Crippen LogP contribution < -0.4 is 10.4 Å². The number of methoxy groups -OCH3 is 2. The third kappa shape index (κ3) is 4.89. The van der Waals surface area contributed by atoms with Crippen molar-refractivity contribution in [2.45, 2.75) is 89.9 Å². The largest absolute Gasteiger partial charge is 0.468 e. The fraction of sp³-hybridized carbons (Fsp3) is 0.605. The average Bonchev–Trinajstić information content (AvgIpc) is 3.39. The Hall–Kier alpha value is -2.65. The van der Waals surface area contributed by atoms with E-state index in [4.69, 9.17) is 18.6 Å². The molecule has 4 saturated carbocycles. The Kier molecular flexibility index (Phi) is 8.98. The quantitative estimate of drug-likeness (QED) is 0.163. The number of rotatable bonds is 8. The highest BCUT2D eigenvalue weighted by Gasteiger charge is 2.71. The third-order valence-corrected chi connectivity index (χ3v) is 17.4. The van der Waals surface area contributed by atoms with E-state index in [1.807, 2.05) is 12.1 Å². The van der Waals surface area contributed by atoms with Crippen molar-refractivity contribution in [1.29, 1.82) is 0 Å². The highest BCUT2D eigenvalue weighted by Crippen LogP contribution is 2.66. The summed E-state index contributed by atoms with van der Waals surface area (Å²) in [5.74, 6) is -1.76. The topological polar surface area (TPSA) is 88.1 Å². The highest BCUT2D eigenvalue weighted by molar-refractivity contribution is 6.99. The minimum atomic E-state index is -3.04. The molecular formula is C38H50O7Si. The number of benzene rings is 2. The molecule has 0 bridgehead atoms. The van der Waals surface area contributed by atoms with Gasteiger partial charge in [0.15, 0.2) is 5.78 Å². The smallest absolute Gasteiger partial charge is 0.320 e. The second-order valence-electron chi connectivity index (χ2n) is 15.3. The fourth-order valence-electron chi connectivity index (χ4n) is 10.4. The van der Waals surface area contributed by atoms with Gasteiger partial charge in [0.2, 0.25) is 0 Å². The number of fused-ring (bicyclic) bond motifs is 5. The van der Waals surface area contributed by atoms with Gasteiger partial charge in [0, 0.05) is 31.8 Å². The zero-order valence-electron chi connectivity index (χ0n) is 28.3. The molecule has 4 aliphatic rings. The van der Waals surface area contributed by atoms with Crippen LogP contribution in [-0.2, 0) is 33.0 Å². The van der Waals surface area contributed by atoms with Crippen molar-refractivity contribution in [3.63, 3.8) is 0 Å². The molecule has 8 heteroatoms. The van der Waals surface area contributed by atoms with E-state index < -0.39 is 37.6 Å². The summed E-state index contributed by atoms with van der Waals surface area (Å²) in [6.45, 7) is 9.12. The van der Waals surface area contributed by atoms with Crippen molar-refractivity contribution in [2.75, 3.05) is 21.0 Å². The number of hydrogen-bond donors (Lipinski definition) is 0. The predicted octanol–water partition coefficient (Wildman–Crippen LogP) is 5.47. The molecular weight excluding hydrogens is 596 g/mol.